The molecule has 9 heteroatoms. The van der Waals surface area contributed by atoms with Gasteiger partial charge in [0, 0.05) is 49.0 Å². The highest BCUT2D eigenvalue weighted by atomic mass is 79.9. The first-order chi connectivity index (χ1) is 17.3. The highest BCUT2D eigenvalue weighted by Crippen LogP contribution is 2.41. The van der Waals surface area contributed by atoms with E-state index in [2.05, 4.69) is 38.3 Å². The van der Waals surface area contributed by atoms with Crippen molar-refractivity contribution in [3.8, 4) is 0 Å². The van der Waals surface area contributed by atoms with Gasteiger partial charge in [0.15, 0.2) is 9.84 Å². The molecule has 1 saturated heterocycles. The number of carbonyl (C=O) groups excluding carboxylic acids is 2. The van der Waals surface area contributed by atoms with Crippen LogP contribution in [0.2, 0.25) is 0 Å². The van der Waals surface area contributed by atoms with E-state index in [1.165, 1.54) is 5.56 Å². The molecule has 0 atom stereocenters. The van der Waals surface area contributed by atoms with Gasteiger partial charge in [-0.3, -0.25) is 14.5 Å². The first-order valence-corrected chi connectivity index (χ1v) is 15.2. The third kappa shape index (κ3) is 5.84. The quantitative estimate of drug-likeness (QED) is 0.520. The van der Waals surface area contributed by atoms with E-state index < -0.39 is 9.84 Å². The minimum Gasteiger partial charge on any atom is -0.353 e. The number of anilines is 1. The number of hydrogen-bond donors (Lipinski definition) is 1. The number of nitrogens with zero attached hydrogens (tertiary/aromatic N) is 2. The molecule has 1 N–H and O–H groups in total. The van der Waals surface area contributed by atoms with E-state index in [9.17, 15) is 18.0 Å². The number of amides is 2. The Bertz CT molecular complexity index is 1240. The summed E-state index contributed by atoms with van der Waals surface area (Å²) in [5, 5.41) is 3.04. The first kappa shape index (κ1) is 25.4. The van der Waals surface area contributed by atoms with E-state index in [0.717, 1.165) is 50.9 Å². The molecule has 0 aromatic heterocycles. The lowest BCUT2D eigenvalue weighted by molar-refractivity contribution is -0.122. The van der Waals surface area contributed by atoms with E-state index in [4.69, 9.17) is 0 Å². The fraction of sp³-hybridized carbons (Fsp3) is 0.481. The Balaban J connectivity index is 1.17. The van der Waals surface area contributed by atoms with Crippen molar-refractivity contribution in [3.63, 3.8) is 0 Å². The fourth-order valence-electron chi connectivity index (χ4n) is 5.19. The summed E-state index contributed by atoms with van der Waals surface area (Å²) >= 11 is 3.43. The molecule has 2 fully saturated rings. The molecule has 2 aromatic rings. The van der Waals surface area contributed by atoms with Crippen LogP contribution in [0.3, 0.4) is 0 Å². The van der Waals surface area contributed by atoms with E-state index in [1.54, 1.807) is 11.0 Å². The van der Waals surface area contributed by atoms with Gasteiger partial charge in [-0.1, -0.05) is 46.3 Å². The van der Waals surface area contributed by atoms with Crippen LogP contribution >= 0.6 is 15.9 Å². The summed E-state index contributed by atoms with van der Waals surface area (Å²) in [6.45, 7) is 3.20. The molecule has 2 heterocycles. The molecule has 192 valence electrons. The molecule has 0 unspecified atom stereocenters. The van der Waals surface area contributed by atoms with Crippen molar-refractivity contribution in [2.45, 2.75) is 56.0 Å². The molecule has 1 aliphatic carbocycles. The van der Waals surface area contributed by atoms with Gasteiger partial charge in [-0.05, 0) is 55.4 Å². The molecule has 5 rings (SSSR count). The number of hydrogen-bond acceptors (Lipinski definition) is 5. The average Bonchev–Trinajstić information content (AvgIpc) is 3.63. The standard InChI is InChI=1S/C27H32BrN3O4S/c28-22-16-21-8-14-31(27(33)20-6-7-20)26(21)24(17-22)36(34,35)15-11-25(32)29-23-9-12-30(13-10-23)18-19-4-2-1-3-5-19/h1-5,16-17,20,23H,6-15,18H2,(H,29,32). The third-order valence-corrected chi connectivity index (χ3v) is 9.50. The largest absolute Gasteiger partial charge is 0.353 e. The van der Waals surface area contributed by atoms with Gasteiger partial charge in [0.1, 0.15) is 0 Å². The number of rotatable bonds is 8. The number of sulfone groups is 1. The third-order valence-electron chi connectivity index (χ3n) is 7.32. The summed E-state index contributed by atoms with van der Waals surface area (Å²) < 4.78 is 27.4. The predicted octanol–water partition coefficient (Wildman–Crippen LogP) is 3.69. The van der Waals surface area contributed by atoms with Crippen molar-refractivity contribution in [3.05, 3.63) is 58.1 Å². The summed E-state index contributed by atoms with van der Waals surface area (Å²) in [4.78, 5) is 29.7. The summed E-state index contributed by atoms with van der Waals surface area (Å²) in [6.07, 6.45) is 3.98. The first-order valence-electron chi connectivity index (χ1n) is 12.7. The molecule has 3 aliphatic rings. The second-order valence-corrected chi connectivity index (χ2v) is 13.1. The Morgan fingerprint density at radius 3 is 2.42 bits per heavy atom. The average molecular weight is 575 g/mol. The molecule has 36 heavy (non-hydrogen) atoms. The SMILES string of the molecule is O=C(CCS(=O)(=O)c1cc(Br)cc2c1N(C(=O)C1CC1)CC2)NC1CCN(Cc2ccccc2)CC1. The van der Waals surface area contributed by atoms with Crippen molar-refractivity contribution < 1.29 is 18.0 Å². The van der Waals surface area contributed by atoms with Crippen molar-refractivity contribution in [2.75, 3.05) is 30.3 Å². The van der Waals surface area contributed by atoms with Crippen LogP contribution in [0.5, 0.6) is 0 Å². The van der Waals surface area contributed by atoms with Gasteiger partial charge in [-0.2, -0.15) is 0 Å². The molecule has 0 radical (unpaired) electrons. The lowest BCUT2D eigenvalue weighted by Gasteiger charge is -2.32. The van der Waals surface area contributed by atoms with Crippen molar-refractivity contribution in [2.24, 2.45) is 5.92 Å². The van der Waals surface area contributed by atoms with E-state index >= 15 is 0 Å². The van der Waals surface area contributed by atoms with Crippen LogP contribution in [-0.2, 0) is 32.4 Å². The maximum Gasteiger partial charge on any atom is 0.230 e. The topological polar surface area (TPSA) is 86.8 Å². The number of nitrogens with one attached hydrogen (secondary N) is 1. The molecule has 2 aliphatic heterocycles. The van der Waals surface area contributed by atoms with Crippen LogP contribution in [-0.4, -0.2) is 56.6 Å². The minimum absolute atomic E-state index is 0.0139. The number of benzene rings is 2. The van der Waals surface area contributed by atoms with Gasteiger partial charge in [0.05, 0.1) is 16.3 Å². The fourth-order valence-corrected chi connectivity index (χ4v) is 7.36. The smallest absolute Gasteiger partial charge is 0.230 e. The highest BCUT2D eigenvalue weighted by Gasteiger charge is 2.39. The normalized spacial score (nSPS) is 18.8. The molecule has 7 nitrogen and oxygen atoms in total. The number of likely N-dealkylation sites (tertiary alicyclic amines) is 1. The maximum absolute atomic E-state index is 13.4. The van der Waals surface area contributed by atoms with Crippen LogP contribution in [0.4, 0.5) is 5.69 Å². The Morgan fingerprint density at radius 2 is 1.72 bits per heavy atom. The molecular formula is C27H32BrN3O4S. The van der Waals surface area contributed by atoms with Crippen molar-refractivity contribution >= 4 is 43.3 Å². The molecular weight excluding hydrogens is 542 g/mol. The van der Waals surface area contributed by atoms with Crippen molar-refractivity contribution in [1.29, 1.82) is 0 Å². The Kier molecular flexibility index (Phi) is 7.51. The molecule has 0 spiro atoms. The van der Waals surface area contributed by atoms with Gasteiger partial charge in [0.25, 0.3) is 0 Å². The van der Waals surface area contributed by atoms with E-state index in [-0.39, 0.29) is 40.8 Å². The summed E-state index contributed by atoms with van der Waals surface area (Å²) in [5.74, 6) is -0.485. The summed E-state index contributed by atoms with van der Waals surface area (Å²) in [6, 6.07) is 13.9. The monoisotopic (exact) mass is 573 g/mol. The van der Waals surface area contributed by atoms with Crippen LogP contribution in [0, 0.1) is 5.92 Å². The second kappa shape index (κ2) is 10.6. The minimum atomic E-state index is -3.75. The second-order valence-electron chi connectivity index (χ2n) is 10.1. The molecule has 0 bridgehead atoms. The predicted molar refractivity (Wildman–Crippen MR) is 142 cm³/mol. The lowest BCUT2D eigenvalue weighted by Crippen LogP contribution is -2.44. The van der Waals surface area contributed by atoms with Crippen LogP contribution in [0.1, 0.15) is 43.2 Å². The zero-order valence-corrected chi connectivity index (χ0v) is 22.7. The van der Waals surface area contributed by atoms with Crippen molar-refractivity contribution in [1.82, 2.24) is 10.2 Å². The number of piperidine rings is 1. The van der Waals surface area contributed by atoms with Gasteiger partial charge in [-0.15, -0.1) is 0 Å². The number of fused-ring (bicyclic) bond motifs is 1. The summed E-state index contributed by atoms with van der Waals surface area (Å²) in [7, 11) is -3.75. The van der Waals surface area contributed by atoms with Gasteiger partial charge in [0.2, 0.25) is 11.8 Å². The molecule has 2 amide bonds. The Labute approximate surface area is 221 Å². The zero-order valence-electron chi connectivity index (χ0n) is 20.3. The van der Waals surface area contributed by atoms with Gasteiger partial charge >= 0.3 is 0 Å². The number of carbonyl (C=O) groups is 2. The zero-order chi connectivity index (χ0) is 25.3. The maximum atomic E-state index is 13.4. The molecule has 2 aromatic carbocycles. The Morgan fingerprint density at radius 1 is 1.00 bits per heavy atom. The van der Waals surface area contributed by atoms with Gasteiger partial charge in [-0.25, -0.2) is 8.42 Å². The summed E-state index contributed by atoms with van der Waals surface area (Å²) in [5.41, 5.74) is 2.66. The van der Waals surface area contributed by atoms with Crippen LogP contribution in [0.25, 0.3) is 0 Å². The highest BCUT2D eigenvalue weighted by molar-refractivity contribution is 9.10. The van der Waals surface area contributed by atoms with Gasteiger partial charge < -0.3 is 10.2 Å². The van der Waals surface area contributed by atoms with Crippen LogP contribution < -0.4 is 10.2 Å². The van der Waals surface area contributed by atoms with Crippen LogP contribution in [0.15, 0.2) is 51.8 Å². The van der Waals surface area contributed by atoms with E-state index in [0.29, 0.717) is 23.1 Å². The lowest BCUT2D eigenvalue weighted by atomic mass is 10.0. The van der Waals surface area contributed by atoms with E-state index in [1.807, 2.05) is 24.3 Å². The molecule has 1 saturated carbocycles. The number of halogens is 1. The Hall–Kier alpha value is -2.23.